The average molecular weight is 291 g/mol. The third-order valence-electron chi connectivity index (χ3n) is 3.10. The van der Waals surface area contributed by atoms with Crippen LogP contribution in [0.25, 0.3) is 0 Å². The summed E-state index contributed by atoms with van der Waals surface area (Å²) in [6.45, 7) is 2.07. The summed E-state index contributed by atoms with van der Waals surface area (Å²) in [6.07, 6.45) is 0. The van der Waals surface area contributed by atoms with Crippen molar-refractivity contribution in [2.75, 3.05) is 12.9 Å². The van der Waals surface area contributed by atoms with Gasteiger partial charge in [-0.05, 0) is 36.8 Å². The van der Waals surface area contributed by atoms with Crippen molar-refractivity contribution in [3.63, 3.8) is 0 Å². The molecule has 4 heteroatoms. The molecule has 0 aliphatic heterocycles. The maximum atomic E-state index is 13.4. The van der Waals surface area contributed by atoms with Gasteiger partial charge < -0.3 is 10.5 Å². The maximum absolute atomic E-state index is 13.4. The van der Waals surface area contributed by atoms with Crippen LogP contribution in [0.15, 0.2) is 47.4 Å². The van der Waals surface area contributed by atoms with E-state index in [1.165, 1.54) is 22.6 Å². The Morgan fingerprint density at radius 1 is 1.25 bits per heavy atom. The van der Waals surface area contributed by atoms with E-state index in [0.717, 1.165) is 0 Å². The summed E-state index contributed by atoms with van der Waals surface area (Å²) >= 11 is 1.67. The summed E-state index contributed by atoms with van der Waals surface area (Å²) in [5, 5.41) is 0. The lowest BCUT2D eigenvalue weighted by atomic mass is 10.1. The molecule has 0 fully saturated rings. The topological polar surface area (TPSA) is 35.2 Å². The molecule has 0 aliphatic rings. The van der Waals surface area contributed by atoms with Crippen LogP contribution >= 0.6 is 11.8 Å². The minimum Gasteiger partial charge on any atom is -0.496 e. The van der Waals surface area contributed by atoms with Gasteiger partial charge >= 0.3 is 0 Å². The van der Waals surface area contributed by atoms with E-state index < -0.39 is 0 Å². The molecule has 0 spiro atoms. The summed E-state index contributed by atoms with van der Waals surface area (Å²) in [4.78, 5) is 1.19. The number of ether oxygens (including phenoxy) is 1. The highest BCUT2D eigenvalue weighted by Crippen LogP contribution is 2.30. The van der Waals surface area contributed by atoms with E-state index in [1.54, 1.807) is 24.9 Å². The quantitative estimate of drug-likeness (QED) is 0.848. The van der Waals surface area contributed by atoms with Crippen LogP contribution in [0.5, 0.6) is 5.75 Å². The zero-order valence-corrected chi connectivity index (χ0v) is 12.4. The van der Waals surface area contributed by atoms with Gasteiger partial charge in [0.15, 0.2) is 0 Å². The van der Waals surface area contributed by atoms with Gasteiger partial charge in [-0.25, -0.2) is 4.39 Å². The van der Waals surface area contributed by atoms with E-state index >= 15 is 0 Å². The number of halogens is 1. The highest BCUT2D eigenvalue weighted by molar-refractivity contribution is 7.99. The molecule has 0 heterocycles. The monoisotopic (exact) mass is 291 g/mol. The van der Waals surface area contributed by atoms with Crippen molar-refractivity contribution in [1.82, 2.24) is 0 Å². The molecule has 1 unspecified atom stereocenters. The molecule has 0 amide bonds. The number of hydrogen-bond donors (Lipinski definition) is 1. The largest absolute Gasteiger partial charge is 0.496 e. The Hall–Kier alpha value is -1.52. The lowest BCUT2D eigenvalue weighted by Gasteiger charge is -2.16. The summed E-state index contributed by atoms with van der Waals surface area (Å²) in [7, 11) is 1.57. The van der Waals surface area contributed by atoms with Crippen molar-refractivity contribution in [2.24, 2.45) is 5.73 Å². The summed E-state index contributed by atoms with van der Waals surface area (Å²) < 4.78 is 18.6. The van der Waals surface area contributed by atoms with Crippen molar-refractivity contribution in [3.05, 3.63) is 59.4 Å². The first-order valence-electron chi connectivity index (χ1n) is 6.39. The Labute approximate surface area is 123 Å². The van der Waals surface area contributed by atoms with Gasteiger partial charge in [-0.2, -0.15) is 0 Å². The SMILES string of the molecule is COc1ccc(F)cc1C(N)CSc1ccccc1C. The number of benzene rings is 2. The van der Waals surface area contributed by atoms with Crippen molar-refractivity contribution < 1.29 is 9.13 Å². The molecular formula is C16H18FNOS. The Bertz CT molecular complexity index is 588. The smallest absolute Gasteiger partial charge is 0.123 e. The van der Waals surface area contributed by atoms with Crippen molar-refractivity contribution in [2.45, 2.75) is 17.9 Å². The third-order valence-corrected chi connectivity index (χ3v) is 4.40. The number of thioether (sulfide) groups is 1. The van der Waals surface area contributed by atoms with E-state index in [-0.39, 0.29) is 11.9 Å². The molecule has 20 heavy (non-hydrogen) atoms. The van der Waals surface area contributed by atoms with Crippen LogP contribution in [0.3, 0.4) is 0 Å². The molecule has 0 saturated heterocycles. The van der Waals surface area contributed by atoms with Crippen molar-refractivity contribution in [1.29, 1.82) is 0 Å². The maximum Gasteiger partial charge on any atom is 0.123 e. The molecule has 0 aliphatic carbocycles. The zero-order chi connectivity index (χ0) is 14.5. The summed E-state index contributed by atoms with van der Waals surface area (Å²) in [5.41, 5.74) is 8.09. The summed E-state index contributed by atoms with van der Waals surface area (Å²) in [5.74, 6) is 1.01. The molecule has 2 N–H and O–H groups in total. The fraction of sp³-hybridized carbons (Fsp3) is 0.250. The number of rotatable bonds is 5. The first-order valence-corrected chi connectivity index (χ1v) is 7.38. The predicted molar refractivity (Wildman–Crippen MR) is 81.8 cm³/mol. The predicted octanol–water partition coefficient (Wildman–Crippen LogP) is 3.93. The van der Waals surface area contributed by atoms with Crippen LogP contribution in [0.4, 0.5) is 4.39 Å². The van der Waals surface area contributed by atoms with E-state index in [1.807, 2.05) is 12.1 Å². The fourth-order valence-electron chi connectivity index (χ4n) is 1.98. The van der Waals surface area contributed by atoms with Crippen LogP contribution < -0.4 is 10.5 Å². The molecule has 0 radical (unpaired) electrons. The first-order chi connectivity index (χ1) is 9.61. The summed E-state index contributed by atoms with van der Waals surface area (Å²) in [6, 6.07) is 12.3. The fourth-order valence-corrected chi connectivity index (χ4v) is 2.99. The second kappa shape index (κ2) is 6.77. The van der Waals surface area contributed by atoms with E-state index in [9.17, 15) is 4.39 Å². The average Bonchev–Trinajstić information content (AvgIpc) is 2.46. The molecule has 2 aromatic carbocycles. The molecule has 0 aromatic heterocycles. The molecule has 2 rings (SSSR count). The standard InChI is InChI=1S/C16H18FNOS/c1-11-5-3-4-6-16(11)20-10-14(18)13-9-12(17)7-8-15(13)19-2/h3-9,14H,10,18H2,1-2H3. The van der Waals surface area contributed by atoms with E-state index in [2.05, 4.69) is 19.1 Å². The van der Waals surface area contributed by atoms with Gasteiger partial charge in [0, 0.05) is 22.3 Å². The van der Waals surface area contributed by atoms with Gasteiger partial charge in [0.05, 0.1) is 7.11 Å². The second-order valence-corrected chi connectivity index (χ2v) is 5.63. The number of hydrogen-bond acceptors (Lipinski definition) is 3. The van der Waals surface area contributed by atoms with Crippen LogP contribution in [-0.2, 0) is 0 Å². The Morgan fingerprint density at radius 3 is 2.70 bits per heavy atom. The number of aryl methyl sites for hydroxylation is 1. The molecule has 2 aromatic rings. The molecule has 1 atom stereocenters. The Morgan fingerprint density at radius 2 is 2.00 bits per heavy atom. The molecule has 2 nitrogen and oxygen atoms in total. The van der Waals surface area contributed by atoms with Crippen LogP contribution in [0, 0.1) is 12.7 Å². The first kappa shape index (κ1) is 14.9. The normalized spacial score (nSPS) is 12.2. The Balaban J connectivity index is 2.11. The number of methoxy groups -OCH3 is 1. The van der Waals surface area contributed by atoms with Gasteiger partial charge in [0.2, 0.25) is 0 Å². The van der Waals surface area contributed by atoms with E-state index in [4.69, 9.17) is 10.5 Å². The molecule has 106 valence electrons. The van der Waals surface area contributed by atoms with Crippen LogP contribution in [0.1, 0.15) is 17.2 Å². The van der Waals surface area contributed by atoms with Gasteiger partial charge in [0.25, 0.3) is 0 Å². The minimum atomic E-state index is -0.294. The minimum absolute atomic E-state index is 0.273. The van der Waals surface area contributed by atoms with Crippen LogP contribution in [0.2, 0.25) is 0 Å². The number of nitrogens with two attached hydrogens (primary N) is 1. The molecule has 0 saturated carbocycles. The highest BCUT2D eigenvalue weighted by atomic mass is 32.2. The van der Waals surface area contributed by atoms with Gasteiger partial charge in [-0.15, -0.1) is 11.8 Å². The van der Waals surface area contributed by atoms with Crippen molar-refractivity contribution in [3.8, 4) is 5.75 Å². The van der Waals surface area contributed by atoms with Gasteiger partial charge in [0.1, 0.15) is 11.6 Å². The van der Waals surface area contributed by atoms with Gasteiger partial charge in [-0.1, -0.05) is 18.2 Å². The molecular weight excluding hydrogens is 273 g/mol. The zero-order valence-electron chi connectivity index (χ0n) is 11.6. The molecule has 0 bridgehead atoms. The van der Waals surface area contributed by atoms with Crippen molar-refractivity contribution >= 4 is 11.8 Å². The third kappa shape index (κ3) is 3.52. The van der Waals surface area contributed by atoms with Gasteiger partial charge in [-0.3, -0.25) is 0 Å². The lowest BCUT2D eigenvalue weighted by Crippen LogP contribution is -2.14. The highest BCUT2D eigenvalue weighted by Gasteiger charge is 2.14. The van der Waals surface area contributed by atoms with Crippen LogP contribution in [-0.4, -0.2) is 12.9 Å². The lowest BCUT2D eigenvalue weighted by molar-refractivity contribution is 0.405. The Kier molecular flexibility index (Phi) is 5.04. The second-order valence-electron chi connectivity index (χ2n) is 4.57. The van der Waals surface area contributed by atoms with E-state index in [0.29, 0.717) is 17.1 Å².